The lowest BCUT2D eigenvalue weighted by molar-refractivity contribution is 0.0535. The zero-order valence-electron chi connectivity index (χ0n) is 12.4. The van der Waals surface area contributed by atoms with E-state index in [0.29, 0.717) is 11.3 Å². The molecule has 1 rings (SSSR count). The third kappa shape index (κ3) is 7.61. The van der Waals surface area contributed by atoms with Crippen molar-refractivity contribution in [2.45, 2.75) is 26.4 Å². The minimum atomic E-state index is -0.523. The number of aromatic nitrogens is 1. The van der Waals surface area contributed by atoms with E-state index in [2.05, 4.69) is 34.0 Å². The summed E-state index contributed by atoms with van der Waals surface area (Å²) < 4.78 is 5.07. The Morgan fingerprint density at radius 2 is 2.10 bits per heavy atom. The zero-order valence-corrected chi connectivity index (χ0v) is 12.4. The van der Waals surface area contributed by atoms with Crippen LogP contribution >= 0.6 is 0 Å². The Hall–Kier alpha value is -2.50. The van der Waals surface area contributed by atoms with Gasteiger partial charge in [0.2, 0.25) is 0 Å². The number of carbonyl (C=O) groups excluding carboxylic acids is 1. The van der Waals surface area contributed by atoms with Gasteiger partial charge in [0.05, 0.1) is 6.54 Å². The van der Waals surface area contributed by atoms with Crippen molar-refractivity contribution in [1.29, 1.82) is 0 Å². The minimum Gasteiger partial charge on any atom is -0.444 e. The highest BCUT2D eigenvalue weighted by Gasteiger charge is 2.14. The van der Waals surface area contributed by atoms with Crippen molar-refractivity contribution in [3.05, 3.63) is 29.6 Å². The van der Waals surface area contributed by atoms with E-state index in [9.17, 15) is 4.79 Å². The first-order valence-electron chi connectivity index (χ1n) is 6.42. The van der Waals surface area contributed by atoms with Gasteiger partial charge in [0.1, 0.15) is 17.9 Å². The molecule has 5 heteroatoms. The van der Waals surface area contributed by atoms with Gasteiger partial charge >= 0.3 is 6.09 Å². The van der Waals surface area contributed by atoms with Crippen molar-refractivity contribution in [2.75, 3.05) is 13.2 Å². The second-order valence-corrected chi connectivity index (χ2v) is 5.05. The smallest absolute Gasteiger partial charge is 0.408 e. The molecule has 21 heavy (non-hydrogen) atoms. The molecule has 1 aromatic rings. The van der Waals surface area contributed by atoms with Crippen molar-refractivity contribution in [3.63, 3.8) is 0 Å². The fourth-order valence-electron chi connectivity index (χ4n) is 1.25. The van der Waals surface area contributed by atoms with E-state index in [1.54, 1.807) is 39.1 Å². The zero-order chi connectivity index (χ0) is 15.7. The first-order valence-corrected chi connectivity index (χ1v) is 6.42. The van der Waals surface area contributed by atoms with Gasteiger partial charge in [-0.05, 0) is 38.8 Å². The molecule has 1 aromatic heterocycles. The molecule has 0 spiro atoms. The number of nitrogens with zero attached hydrogens (tertiary/aromatic N) is 1. The van der Waals surface area contributed by atoms with Gasteiger partial charge in [0, 0.05) is 11.8 Å². The summed E-state index contributed by atoms with van der Waals surface area (Å²) in [4.78, 5) is 15.5. The van der Waals surface area contributed by atoms with E-state index in [1.165, 1.54) is 0 Å². The number of aliphatic hydroxyl groups excluding tert-OH is 1. The summed E-state index contributed by atoms with van der Waals surface area (Å²) in [6, 6.07) is 3.49. The van der Waals surface area contributed by atoms with Crippen LogP contribution in [0.15, 0.2) is 18.3 Å². The standard InChI is InChI=1S/C16H18N2O3/c1-16(2,3)21-15(20)17-10-4-7-14-9-8-13(12-18-14)6-5-11-19/h8-9,12,19H,10-11H2,1-3H3,(H,17,20). The number of aliphatic hydroxyl groups is 1. The van der Waals surface area contributed by atoms with Gasteiger partial charge in [-0.15, -0.1) is 0 Å². The summed E-state index contributed by atoms with van der Waals surface area (Å²) >= 11 is 0. The van der Waals surface area contributed by atoms with E-state index < -0.39 is 11.7 Å². The molecular weight excluding hydrogens is 268 g/mol. The third-order valence-corrected chi connectivity index (χ3v) is 2.01. The lowest BCUT2D eigenvalue weighted by Gasteiger charge is -2.18. The van der Waals surface area contributed by atoms with E-state index in [4.69, 9.17) is 9.84 Å². The third-order valence-electron chi connectivity index (χ3n) is 2.01. The van der Waals surface area contributed by atoms with Crippen LogP contribution < -0.4 is 5.32 Å². The quantitative estimate of drug-likeness (QED) is 0.763. The van der Waals surface area contributed by atoms with Gasteiger partial charge in [0.25, 0.3) is 0 Å². The number of amides is 1. The lowest BCUT2D eigenvalue weighted by Crippen LogP contribution is -2.32. The summed E-state index contributed by atoms with van der Waals surface area (Å²) in [5.74, 6) is 10.9. The van der Waals surface area contributed by atoms with Gasteiger partial charge in [-0.25, -0.2) is 9.78 Å². The molecule has 1 heterocycles. The van der Waals surface area contributed by atoms with Crippen LogP contribution in [-0.2, 0) is 4.74 Å². The molecule has 0 aliphatic carbocycles. The predicted molar refractivity (Wildman–Crippen MR) is 79.3 cm³/mol. The van der Waals surface area contributed by atoms with Crippen LogP contribution in [0.1, 0.15) is 32.0 Å². The molecule has 0 radical (unpaired) electrons. The minimum absolute atomic E-state index is 0.183. The maximum absolute atomic E-state index is 11.4. The highest BCUT2D eigenvalue weighted by molar-refractivity contribution is 5.68. The maximum Gasteiger partial charge on any atom is 0.408 e. The van der Waals surface area contributed by atoms with Crippen molar-refractivity contribution in [1.82, 2.24) is 10.3 Å². The number of carbonyl (C=O) groups is 1. The molecule has 0 aliphatic heterocycles. The molecule has 0 aliphatic rings. The van der Waals surface area contributed by atoms with Crippen LogP contribution in [0.5, 0.6) is 0 Å². The predicted octanol–water partition coefficient (Wildman–Crippen LogP) is 1.30. The number of alkyl carbamates (subject to hydrolysis) is 1. The van der Waals surface area contributed by atoms with Gasteiger partial charge < -0.3 is 15.2 Å². The van der Waals surface area contributed by atoms with Crippen LogP contribution in [0.3, 0.4) is 0 Å². The first-order chi connectivity index (χ1) is 9.90. The molecule has 5 nitrogen and oxygen atoms in total. The Labute approximate surface area is 124 Å². The van der Waals surface area contributed by atoms with Crippen LogP contribution in [0.25, 0.3) is 0 Å². The highest BCUT2D eigenvalue weighted by atomic mass is 16.6. The summed E-state index contributed by atoms with van der Waals surface area (Å²) in [7, 11) is 0. The molecule has 0 fully saturated rings. The molecule has 0 aromatic carbocycles. The second-order valence-electron chi connectivity index (χ2n) is 5.05. The Bertz CT molecular complexity index is 593. The van der Waals surface area contributed by atoms with Gasteiger partial charge in [-0.1, -0.05) is 17.8 Å². The molecular formula is C16H18N2O3. The normalized spacial score (nSPS) is 9.71. The topological polar surface area (TPSA) is 71.5 Å². The van der Waals surface area contributed by atoms with Crippen molar-refractivity contribution < 1.29 is 14.6 Å². The average molecular weight is 286 g/mol. The molecule has 0 saturated carbocycles. The second kappa shape index (κ2) is 7.94. The van der Waals surface area contributed by atoms with Crippen LogP contribution in [0.4, 0.5) is 4.79 Å². The first kappa shape index (κ1) is 16.6. The monoisotopic (exact) mass is 286 g/mol. The van der Waals surface area contributed by atoms with Crippen LogP contribution in [0.2, 0.25) is 0 Å². The fourth-order valence-corrected chi connectivity index (χ4v) is 1.25. The van der Waals surface area contributed by atoms with Crippen LogP contribution in [0, 0.1) is 23.7 Å². The Kier molecular flexibility index (Phi) is 6.26. The Morgan fingerprint density at radius 3 is 2.67 bits per heavy atom. The van der Waals surface area contributed by atoms with Crippen LogP contribution in [-0.4, -0.2) is 34.9 Å². The van der Waals surface area contributed by atoms with Gasteiger partial charge in [-0.2, -0.15) is 0 Å². The van der Waals surface area contributed by atoms with Gasteiger partial charge in [-0.3, -0.25) is 0 Å². The SMILES string of the molecule is CC(C)(C)OC(=O)NCC#Cc1ccc(C#CCO)cn1. The van der Waals surface area contributed by atoms with Crippen molar-refractivity contribution in [2.24, 2.45) is 0 Å². The number of hydrogen-bond donors (Lipinski definition) is 2. The molecule has 1 amide bonds. The van der Waals surface area contributed by atoms with Crippen molar-refractivity contribution in [3.8, 4) is 23.7 Å². The average Bonchev–Trinajstić information content (AvgIpc) is 2.41. The highest BCUT2D eigenvalue weighted by Crippen LogP contribution is 2.05. The fraction of sp³-hybridized carbons (Fsp3) is 0.375. The summed E-state index contributed by atoms with van der Waals surface area (Å²) in [5, 5.41) is 11.1. The maximum atomic E-state index is 11.4. The van der Waals surface area contributed by atoms with E-state index >= 15 is 0 Å². The molecule has 110 valence electrons. The number of ether oxygens (including phenoxy) is 1. The molecule has 0 atom stereocenters. The van der Waals surface area contributed by atoms with E-state index in [-0.39, 0.29) is 13.2 Å². The number of hydrogen-bond acceptors (Lipinski definition) is 4. The largest absolute Gasteiger partial charge is 0.444 e. The lowest BCUT2D eigenvalue weighted by atomic mass is 10.2. The molecule has 0 unspecified atom stereocenters. The van der Waals surface area contributed by atoms with E-state index in [1.807, 2.05) is 0 Å². The molecule has 0 saturated heterocycles. The Balaban J connectivity index is 2.46. The summed E-state index contributed by atoms with van der Waals surface area (Å²) in [6.45, 7) is 5.39. The number of pyridine rings is 1. The summed E-state index contributed by atoms with van der Waals surface area (Å²) in [5.41, 5.74) is 0.766. The van der Waals surface area contributed by atoms with Crippen molar-refractivity contribution >= 4 is 6.09 Å². The summed E-state index contributed by atoms with van der Waals surface area (Å²) in [6.07, 6.45) is 1.08. The van der Waals surface area contributed by atoms with E-state index in [0.717, 1.165) is 0 Å². The van der Waals surface area contributed by atoms with Gasteiger partial charge in [0.15, 0.2) is 0 Å². The number of rotatable bonds is 1. The Morgan fingerprint density at radius 1 is 1.33 bits per heavy atom. The molecule has 2 N–H and O–H groups in total. The molecule has 0 bridgehead atoms. The number of nitrogens with one attached hydrogen (secondary N) is 1.